The summed E-state index contributed by atoms with van der Waals surface area (Å²) in [5.74, 6) is -0.653. The minimum absolute atomic E-state index is 0.0115. The zero-order valence-electron chi connectivity index (χ0n) is 6.15. The van der Waals surface area contributed by atoms with Crippen molar-refractivity contribution in [2.45, 2.75) is 0 Å². The van der Waals surface area contributed by atoms with Gasteiger partial charge in [-0.05, 0) is 0 Å². The highest BCUT2D eigenvalue weighted by Gasteiger charge is 1.98. The van der Waals surface area contributed by atoms with Gasteiger partial charge in [0.15, 0.2) is 0 Å². The van der Waals surface area contributed by atoms with E-state index in [1.54, 1.807) is 0 Å². The SMILES string of the molecule is O=C=NCCOC(=O)CN=C=O. The van der Waals surface area contributed by atoms with Crippen LogP contribution in [0.4, 0.5) is 0 Å². The molecule has 0 aliphatic rings. The molecule has 0 heterocycles. The summed E-state index contributed by atoms with van der Waals surface area (Å²) in [6.45, 7) is -0.295. The van der Waals surface area contributed by atoms with E-state index in [4.69, 9.17) is 0 Å². The fourth-order valence-electron chi connectivity index (χ4n) is 0.393. The van der Waals surface area contributed by atoms with Crippen molar-refractivity contribution in [1.82, 2.24) is 0 Å². The summed E-state index contributed by atoms with van der Waals surface area (Å²) in [5.41, 5.74) is 0. The van der Waals surface area contributed by atoms with E-state index < -0.39 is 5.97 Å². The third kappa shape index (κ3) is 6.35. The number of esters is 1. The van der Waals surface area contributed by atoms with E-state index in [2.05, 4.69) is 14.7 Å². The van der Waals surface area contributed by atoms with E-state index in [1.165, 1.54) is 12.2 Å². The van der Waals surface area contributed by atoms with Crippen LogP contribution in [0.5, 0.6) is 0 Å². The van der Waals surface area contributed by atoms with Gasteiger partial charge in [-0.25, -0.2) is 14.6 Å². The summed E-state index contributed by atoms with van der Waals surface area (Å²) in [6.07, 6.45) is 2.47. The number of hydrogen-bond acceptors (Lipinski definition) is 6. The van der Waals surface area contributed by atoms with Crippen LogP contribution in [0, 0.1) is 0 Å². The molecule has 0 rings (SSSR count). The quantitative estimate of drug-likeness (QED) is 0.234. The van der Waals surface area contributed by atoms with Gasteiger partial charge >= 0.3 is 5.97 Å². The smallest absolute Gasteiger partial charge is 0.328 e. The summed E-state index contributed by atoms with van der Waals surface area (Å²) in [6, 6.07) is 0. The van der Waals surface area contributed by atoms with Crippen LogP contribution in [0.15, 0.2) is 9.98 Å². The fourth-order valence-corrected chi connectivity index (χ4v) is 0.393. The van der Waals surface area contributed by atoms with Gasteiger partial charge in [-0.3, -0.25) is 4.79 Å². The molecule has 0 unspecified atom stereocenters. The Morgan fingerprint density at radius 2 is 1.92 bits per heavy atom. The van der Waals surface area contributed by atoms with Crippen LogP contribution in [0.25, 0.3) is 0 Å². The average Bonchev–Trinajstić information content (AvgIpc) is 2.09. The van der Waals surface area contributed by atoms with Crippen molar-refractivity contribution in [1.29, 1.82) is 0 Å². The molecule has 0 aromatic carbocycles. The van der Waals surface area contributed by atoms with Crippen molar-refractivity contribution in [2.75, 3.05) is 19.7 Å². The van der Waals surface area contributed by atoms with Crippen LogP contribution in [0.3, 0.4) is 0 Å². The van der Waals surface area contributed by atoms with E-state index in [0.29, 0.717) is 0 Å². The number of carbonyl (C=O) groups is 1. The third-order valence-corrected chi connectivity index (χ3v) is 0.803. The van der Waals surface area contributed by atoms with Gasteiger partial charge in [0.2, 0.25) is 12.2 Å². The lowest BCUT2D eigenvalue weighted by molar-refractivity contribution is -0.141. The van der Waals surface area contributed by atoms with E-state index >= 15 is 0 Å². The van der Waals surface area contributed by atoms with Crippen molar-refractivity contribution < 1.29 is 19.1 Å². The molecule has 0 fully saturated rings. The van der Waals surface area contributed by atoms with Gasteiger partial charge in [-0.2, -0.15) is 4.99 Å². The standard InChI is InChI=1S/C6H6N2O4/c9-4-7-1-2-12-6(11)3-8-5-10/h1-3H2. The highest BCUT2D eigenvalue weighted by molar-refractivity contribution is 5.72. The molecule has 0 aliphatic heterocycles. The Morgan fingerprint density at radius 3 is 2.50 bits per heavy atom. The van der Waals surface area contributed by atoms with E-state index in [-0.39, 0.29) is 19.7 Å². The van der Waals surface area contributed by atoms with Gasteiger partial charge in [-0.1, -0.05) is 0 Å². The zero-order valence-corrected chi connectivity index (χ0v) is 6.15. The second kappa shape index (κ2) is 7.34. The molecule has 0 radical (unpaired) electrons. The van der Waals surface area contributed by atoms with Crippen molar-refractivity contribution in [3.8, 4) is 0 Å². The normalized spacial score (nSPS) is 7.67. The second-order valence-electron chi connectivity index (χ2n) is 1.60. The van der Waals surface area contributed by atoms with E-state index in [0.717, 1.165) is 0 Å². The minimum atomic E-state index is -0.653. The van der Waals surface area contributed by atoms with Gasteiger partial charge in [0.25, 0.3) is 0 Å². The van der Waals surface area contributed by atoms with Crippen molar-refractivity contribution in [3.05, 3.63) is 0 Å². The molecule has 0 bridgehead atoms. The molecular formula is C6H6N2O4. The summed E-state index contributed by atoms with van der Waals surface area (Å²) in [7, 11) is 0. The highest BCUT2D eigenvalue weighted by Crippen LogP contribution is 1.79. The predicted molar refractivity (Wildman–Crippen MR) is 36.9 cm³/mol. The van der Waals surface area contributed by atoms with Crippen molar-refractivity contribution in [2.24, 2.45) is 9.98 Å². The van der Waals surface area contributed by atoms with Gasteiger partial charge in [0.1, 0.15) is 13.2 Å². The molecule has 6 heteroatoms. The largest absolute Gasteiger partial charge is 0.462 e. The second-order valence-corrected chi connectivity index (χ2v) is 1.60. The molecule has 0 aromatic heterocycles. The summed E-state index contributed by atoms with van der Waals surface area (Å²) >= 11 is 0. The van der Waals surface area contributed by atoms with E-state index in [1.807, 2.05) is 0 Å². The molecule has 64 valence electrons. The molecule has 12 heavy (non-hydrogen) atoms. The first kappa shape index (κ1) is 10.2. The lowest BCUT2D eigenvalue weighted by Crippen LogP contribution is -2.10. The molecule has 6 nitrogen and oxygen atoms in total. The highest BCUT2D eigenvalue weighted by atomic mass is 16.5. The fraction of sp³-hybridized carbons (Fsp3) is 0.500. The molecule has 0 saturated carbocycles. The summed E-state index contributed by atoms with van der Waals surface area (Å²) in [4.78, 5) is 35.7. The maximum absolute atomic E-state index is 10.5. The number of rotatable bonds is 5. The third-order valence-electron chi connectivity index (χ3n) is 0.803. The number of carbonyl (C=O) groups excluding carboxylic acids is 3. The predicted octanol–water partition coefficient (Wildman–Crippen LogP) is -0.799. The lowest BCUT2D eigenvalue weighted by atomic mass is 10.6. The van der Waals surface area contributed by atoms with Crippen molar-refractivity contribution in [3.63, 3.8) is 0 Å². The number of isocyanates is 2. The first-order valence-electron chi connectivity index (χ1n) is 3.04. The Hall–Kier alpha value is -1.77. The van der Waals surface area contributed by atoms with Crippen LogP contribution in [0.2, 0.25) is 0 Å². The Kier molecular flexibility index (Phi) is 6.26. The van der Waals surface area contributed by atoms with Crippen LogP contribution in [0.1, 0.15) is 0 Å². The first-order chi connectivity index (χ1) is 5.81. The van der Waals surface area contributed by atoms with Crippen LogP contribution in [-0.2, 0) is 19.1 Å². The summed E-state index contributed by atoms with van der Waals surface area (Å²) < 4.78 is 4.46. The van der Waals surface area contributed by atoms with Gasteiger partial charge < -0.3 is 4.74 Å². The maximum Gasteiger partial charge on any atom is 0.328 e. The zero-order chi connectivity index (χ0) is 9.23. The average molecular weight is 170 g/mol. The Morgan fingerprint density at radius 1 is 1.25 bits per heavy atom. The lowest BCUT2D eigenvalue weighted by Gasteiger charge is -1.96. The van der Waals surface area contributed by atoms with Gasteiger partial charge in [-0.15, -0.1) is 0 Å². The Labute approximate surface area is 68.0 Å². The Bertz CT molecular complexity index is 238. The molecule has 0 atom stereocenters. The number of nitrogens with zero attached hydrogens (tertiary/aromatic N) is 2. The Balaban J connectivity index is 3.43. The maximum atomic E-state index is 10.5. The molecule has 0 saturated heterocycles. The number of ether oxygens (including phenoxy) is 1. The topological polar surface area (TPSA) is 85.2 Å². The van der Waals surface area contributed by atoms with E-state index in [9.17, 15) is 14.4 Å². The molecule has 0 aliphatic carbocycles. The van der Waals surface area contributed by atoms with Crippen LogP contribution < -0.4 is 0 Å². The molecular weight excluding hydrogens is 164 g/mol. The van der Waals surface area contributed by atoms with Crippen LogP contribution in [-0.4, -0.2) is 37.8 Å². The first-order valence-corrected chi connectivity index (χ1v) is 3.04. The summed E-state index contributed by atoms with van der Waals surface area (Å²) in [5, 5.41) is 0. The number of hydrogen-bond donors (Lipinski definition) is 0. The molecule has 0 aromatic rings. The minimum Gasteiger partial charge on any atom is -0.462 e. The monoisotopic (exact) mass is 170 g/mol. The van der Waals surface area contributed by atoms with Crippen molar-refractivity contribution >= 4 is 18.1 Å². The number of aliphatic imine (C=N–C) groups is 2. The van der Waals surface area contributed by atoms with Gasteiger partial charge in [0.05, 0.1) is 6.54 Å². The molecule has 0 spiro atoms. The molecule has 0 N–H and O–H groups in total. The van der Waals surface area contributed by atoms with Gasteiger partial charge in [0, 0.05) is 0 Å². The molecule has 0 amide bonds. The van der Waals surface area contributed by atoms with Crippen LogP contribution >= 0.6 is 0 Å².